The first-order chi connectivity index (χ1) is 11.2. The molecule has 0 aromatic heterocycles. The van der Waals surface area contributed by atoms with Crippen LogP contribution in [0.5, 0.6) is 5.75 Å². The molecule has 132 valence electrons. The number of benzene rings is 2. The van der Waals surface area contributed by atoms with Gasteiger partial charge in [0.25, 0.3) is 0 Å². The Morgan fingerprint density at radius 3 is 2.50 bits per heavy atom. The van der Waals surface area contributed by atoms with Crippen LogP contribution in [0.1, 0.15) is 38.2 Å². The van der Waals surface area contributed by atoms with Crippen molar-refractivity contribution in [1.82, 2.24) is 0 Å². The molecule has 1 aliphatic rings. The minimum absolute atomic E-state index is 0. The summed E-state index contributed by atoms with van der Waals surface area (Å²) in [6, 6.07) is 12.9. The van der Waals surface area contributed by atoms with Gasteiger partial charge in [0, 0.05) is 18.2 Å². The summed E-state index contributed by atoms with van der Waals surface area (Å²) in [6.07, 6.45) is 5.41. The third-order valence-corrected chi connectivity index (χ3v) is 5.39. The zero-order valence-electron chi connectivity index (χ0n) is 15.1. The second kappa shape index (κ2) is 8.87. The van der Waals surface area contributed by atoms with E-state index in [1.165, 1.54) is 66.1 Å². The molecule has 0 saturated carbocycles. The lowest BCUT2D eigenvalue weighted by Crippen LogP contribution is -3.00. The first kappa shape index (κ1) is 19.3. The molecule has 2 aromatic carbocycles. The molecule has 0 atom stereocenters. The van der Waals surface area contributed by atoms with Gasteiger partial charge < -0.3 is 26.2 Å². The van der Waals surface area contributed by atoms with Crippen molar-refractivity contribution < 1.29 is 26.2 Å². The summed E-state index contributed by atoms with van der Waals surface area (Å²) < 4.78 is 7.58. The summed E-state index contributed by atoms with van der Waals surface area (Å²) in [5.74, 6) is 1.08. The number of ether oxygens (including phenoxy) is 1. The van der Waals surface area contributed by atoms with Gasteiger partial charge in [0.05, 0.1) is 19.6 Å². The Hall–Kier alpha value is -1.06. The normalized spacial score (nSPS) is 16.1. The number of rotatable bonds is 7. The highest BCUT2D eigenvalue weighted by Gasteiger charge is 2.31. The molecule has 1 saturated heterocycles. The van der Waals surface area contributed by atoms with E-state index in [1.807, 2.05) is 0 Å². The molecule has 3 rings (SSSR count). The number of fused-ring (bicyclic) bond motifs is 1. The average Bonchev–Trinajstić information content (AvgIpc) is 3.04. The van der Waals surface area contributed by atoms with Crippen LogP contribution in [-0.2, 0) is 0 Å². The van der Waals surface area contributed by atoms with Crippen molar-refractivity contribution in [2.24, 2.45) is 0 Å². The summed E-state index contributed by atoms with van der Waals surface area (Å²) in [7, 11) is 0. The SMILES string of the molecule is CCCC[N+]1(CCOc2c(C)ccc3ccccc23)CCCC1.[Br-]. The summed E-state index contributed by atoms with van der Waals surface area (Å²) in [6.45, 7) is 10.5. The van der Waals surface area contributed by atoms with Crippen molar-refractivity contribution in [3.05, 3.63) is 42.0 Å². The fourth-order valence-corrected chi connectivity index (χ4v) is 3.94. The second-order valence-corrected chi connectivity index (χ2v) is 7.08. The molecule has 0 N–H and O–H groups in total. The van der Waals surface area contributed by atoms with Crippen LogP contribution < -0.4 is 21.7 Å². The molecule has 24 heavy (non-hydrogen) atoms. The Bertz CT molecular complexity index is 649. The maximum absolute atomic E-state index is 6.30. The molecule has 0 spiro atoms. The van der Waals surface area contributed by atoms with Gasteiger partial charge in [-0.15, -0.1) is 0 Å². The van der Waals surface area contributed by atoms with Gasteiger partial charge in [-0.25, -0.2) is 0 Å². The van der Waals surface area contributed by atoms with E-state index in [1.54, 1.807) is 0 Å². The van der Waals surface area contributed by atoms with E-state index in [2.05, 4.69) is 50.2 Å². The lowest BCUT2D eigenvalue weighted by Gasteiger charge is -2.34. The van der Waals surface area contributed by atoms with Crippen molar-refractivity contribution >= 4 is 10.8 Å². The van der Waals surface area contributed by atoms with E-state index in [-0.39, 0.29) is 17.0 Å². The van der Waals surface area contributed by atoms with Crippen molar-refractivity contribution in [2.45, 2.75) is 39.5 Å². The number of aryl methyl sites for hydroxylation is 1. The molecule has 1 fully saturated rings. The Morgan fingerprint density at radius 1 is 1.00 bits per heavy atom. The molecule has 2 nitrogen and oxygen atoms in total. The Morgan fingerprint density at radius 2 is 1.75 bits per heavy atom. The van der Waals surface area contributed by atoms with Crippen LogP contribution in [0, 0.1) is 6.92 Å². The second-order valence-electron chi connectivity index (χ2n) is 7.08. The van der Waals surface area contributed by atoms with Crippen LogP contribution >= 0.6 is 0 Å². The van der Waals surface area contributed by atoms with E-state index in [0.717, 1.165) is 18.9 Å². The smallest absolute Gasteiger partial charge is 0.137 e. The standard InChI is InChI=1S/C21H30NO.BrH/c1-3-4-13-22(14-7-8-15-22)16-17-23-21-18(2)11-12-19-9-5-6-10-20(19)21;/h5-6,9-12H,3-4,7-8,13-17H2,1-2H3;1H/q+1;/p-1. The minimum Gasteiger partial charge on any atom is -1.00 e. The van der Waals surface area contributed by atoms with Crippen molar-refractivity contribution in [2.75, 3.05) is 32.8 Å². The van der Waals surface area contributed by atoms with E-state index in [0.29, 0.717) is 0 Å². The van der Waals surface area contributed by atoms with Gasteiger partial charge in [-0.1, -0.05) is 49.7 Å². The number of likely N-dealkylation sites (tertiary alicyclic amines) is 1. The number of halogens is 1. The lowest BCUT2D eigenvalue weighted by molar-refractivity contribution is -0.917. The molecule has 1 heterocycles. The first-order valence-electron chi connectivity index (χ1n) is 9.20. The zero-order valence-corrected chi connectivity index (χ0v) is 16.6. The Kier molecular flexibility index (Phi) is 7.12. The highest BCUT2D eigenvalue weighted by Crippen LogP contribution is 2.29. The third kappa shape index (κ3) is 4.31. The summed E-state index contributed by atoms with van der Waals surface area (Å²) >= 11 is 0. The highest BCUT2D eigenvalue weighted by atomic mass is 79.9. The van der Waals surface area contributed by atoms with E-state index in [9.17, 15) is 0 Å². The molecule has 1 aliphatic heterocycles. The minimum atomic E-state index is 0. The largest absolute Gasteiger partial charge is 1.00 e. The highest BCUT2D eigenvalue weighted by molar-refractivity contribution is 5.89. The van der Waals surface area contributed by atoms with Crippen LogP contribution in [0.15, 0.2) is 36.4 Å². The van der Waals surface area contributed by atoms with Crippen LogP contribution in [0.25, 0.3) is 10.8 Å². The number of hydrogen-bond acceptors (Lipinski definition) is 1. The van der Waals surface area contributed by atoms with Gasteiger partial charge in [0.2, 0.25) is 0 Å². The maximum Gasteiger partial charge on any atom is 0.137 e. The van der Waals surface area contributed by atoms with Crippen LogP contribution in [-0.4, -0.2) is 37.3 Å². The molecule has 0 bridgehead atoms. The number of unbranched alkanes of at least 4 members (excludes halogenated alkanes) is 1. The summed E-state index contributed by atoms with van der Waals surface area (Å²) in [5.41, 5.74) is 1.24. The molecular weight excluding hydrogens is 362 g/mol. The predicted octanol–water partition coefficient (Wildman–Crippen LogP) is 1.94. The molecule has 0 amide bonds. The maximum atomic E-state index is 6.30. The fraction of sp³-hybridized carbons (Fsp3) is 0.524. The zero-order chi connectivity index (χ0) is 16.1. The van der Waals surface area contributed by atoms with Crippen LogP contribution in [0.2, 0.25) is 0 Å². The number of hydrogen-bond donors (Lipinski definition) is 0. The number of quaternary nitrogens is 1. The quantitative estimate of drug-likeness (QED) is 0.655. The molecule has 3 heteroatoms. The monoisotopic (exact) mass is 391 g/mol. The van der Waals surface area contributed by atoms with E-state index >= 15 is 0 Å². The fourth-order valence-electron chi connectivity index (χ4n) is 3.94. The molecule has 0 aliphatic carbocycles. The third-order valence-electron chi connectivity index (χ3n) is 5.39. The van der Waals surface area contributed by atoms with Gasteiger partial charge in [0.1, 0.15) is 18.9 Å². The Labute approximate surface area is 157 Å². The lowest BCUT2D eigenvalue weighted by atomic mass is 10.1. The van der Waals surface area contributed by atoms with Crippen LogP contribution in [0.3, 0.4) is 0 Å². The first-order valence-corrected chi connectivity index (χ1v) is 9.20. The van der Waals surface area contributed by atoms with Crippen LogP contribution in [0.4, 0.5) is 0 Å². The van der Waals surface area contributed by atoms with Gasteiger partial charge in [-0.05, 0) is 24.3 Å². The number of nitrogens with zero attached hydrogens (tertiary/aromatic N) is 1. The average molecular weight is 392 g/mol. The summed E-state index contributed by atoms with van der Waals surface area (Å²) in [5, 5.41) is 2.51. The molecular formula is C21H30BrNO. The Balaban J connectivity index is 0.00000208. The predicted molar refractivity (Wildman–Crippen MR) is 98.1 cm³/mol. The van der Waals surface area contributed by atoms with Gasteiger partial charge in [-0.3, -0.25) is 0 Å². The van der Waals surface area contributed by atoms with Crippen molar-refractivity contribution in [3.63, 3.8) is 0 Å². The van der Waals surface area contributed by atoms with E-state index in [4.69, 9.17) is 4.74 Å². The molecule has 0 unspecified atom stereocenters. The van der Waals surface area contributed by atoms with Gasteiger partial charge in [0.15, 0.2) is 0 Å². The van der Waals surface area contributed by atoms with Gasteiger partial charge >= 0.3 is 0 Å². The van der Waals surface area contributed by atoms with Crippen molar-refractivity contribution in [3.8, 4) is 5.75 Å². The van der Waals surface area contributed by atoms with Crippen molar-refractivity contribution in [1.29, 1.82) is 0 Å². The summed E-state index contributed by atoms with van der Waals surface area (Å²) in [4.78, 5) is 0. The van der Waals surface area contributed by atoms with Gasteiger partial charge in [-0.2, -0.15) is 0 Å². The molecule has 0 radical (unpaired) electrons. The van der Waals surface area contributed by atoms with E-state index < -0.39 is 0 Å². The molecule has 2 aromatic rings. The topological polar surface area (TPSA) is 9.23 Å².